The quantitative estimate of drug-likeness (QED) is 0.389. The summed E-state index contributed by atoms with van der Waals surface area (Å²) in [5, 5.41) is 16.4. The van der Waals surface area contributed by atoms with Crippen LogP contribution in [0.5, 0.6) is 0 Å². The topological polar surface area (TPSA) is 59.7 Å². The summed E-state index contributed by atoms with van der Waals surface area (Å²) in [6.45, 7) is 10.5. The first-order chi connectivity index (χ1) is 13.9. The molecule has 0 atom stereocenters. The van der Waals surface area contributed by atoms with Gasteiger partial charge < -0.3 is 10.6 Å². The summed E-state index contributed by atoms with van der Waals surface area (Å²) in [5.74, 6) is 0. The summed E-state index contributed by atoms with van der Waals surface area (Å²) >= 11 is 9.05. The predicted octanol–water partition coefficient (Wildman–Crippen LogP) is 4.50. The molecule has 0 spiro atoms. The molecule has 1 aromatic carbocycles. The van der Waals surface area contributed by atoms with Crippen LogP contribution in [0, 0.1) is 27.7 Å². The molecular formula is C21H27BrN6S. The van der Waals surface area contributed by atoms with E-state index in [2.05, 4.69) is 62.7 Å². The molecule has 6 nitrogen and oxygen atoms in total. The Morgan fingerprint density at radius 1 is 1.00 bits per heavy atom. The van der Waals surface area contributed by atoms with E-state index >= 15 is 0 Å². The number of halogens is 1. The normalized spacial score (nSPS) is 10.9. The number of thiocarbonyl (C=S) groups is 1. The van der Waals surface area contributed by atoms with Crippen LogP contribution in [-0.2, 0) is 13.1 Å². The van der Waals surface area contributed by atoms with Gasteiger partial charge in [-0.2, -0.15) is 10.2 Å². The first-order valence-electron chi connectivity index (χ1n) is 9.69. The Morgan fingerprint density at radius 2 is 1.69 bits per heavy atom. The van der Waals surface area contributed by atoms with Crippen molar-refractivity contribution in [3.05, 3.63) is 63.1 Å². The SMILES string of the molecule is Cc1nn(CCCNC(=S)Nc2c(C)nn(Cc3ccccc3)c2C)c(C)c1Br. The number of benzene rings is 1. The van der Waals surface area contributed by atoms with Crippen LogP contribution in [-0.4, -0.2) is 31.2 Å². The Labute approximate surface area is 185 Å². The Hall–Kier alpha value is -2.19. The molecular weight excluding hydrogens is 448 g/mol. The zero-order chi connectivity index (χ0) is 21.0. The van der Waals surface area contributed by atoms with E-state index in [0.29, 0.717) is 5.11 Å². The highest BCUT2D eigenvalue weighted by atomic mass is 79.9. The third-order valence-corrected chi connectivity index (χ3v) is 6.31. The molecule has 29 heavy (non-hydrogen) atoms. The number of aryl methyl sites for hydroxylation is 3. The van der Waals surface area contributed by atoms with Crippen LogP contribution in [0.25, 0.3) is 0 Å². The number of anilines is 1. The fraction of sp³-hybridized carbons (Fsp3) is 0.381. The Balaban J connectivity index is 1.52. The van der Waals surface area contributed by atoms with Gasteiger partial charge in [0.25, 0.3) is 0 Å². The molecule has 0 fully saturated rings. The van der Waals surface area contributed by atoms with Crippen molar-refractivity contribution in [3.8, 4) is 0 Å². The molecule has 0 bridgehead atoms. The predicted molar refractivity (Wildman–Crippen MR) is 125 cm³/mol. The average Bonchev–Trinajstić information content (AvgIpc) is 3.10. The van der Waals surface area contributed by atoms with Gasteiger partial charge in [0.05, 0.1) is 33.8 Å². The number of hydrogen-bond donors (Lipinski definition) is 2. The van der Waals surface area contributed by atoms with Crippen LogP contribution in [0.2, 0.25) is 0 Å². The van der Waals surface area contributed by atoms with Gasteiger partial charge in [-0.05, 0) is 67.8 Å². The van der Waals surface area contributed by atoms with Crippen molar-refractivity contribution in [3.63, 3.8) is 0 Å². The van der Waals surface area contributed by atoms with Gasteiger partial charge in [0.15, 0.2) is 5.11 Å². The van der Waals surface area contributed by atoms with E-state index in [-0.39, 0.29) is 0 Å². The van der Waals surface area contributed by atoms with Crippen LogP contribution < -0.4 is 10.6 Å². The fourth-order valence-electron chi connectivity index (χ4n) is 3.27. The van der Waals surface area contributed by atoms with E-state index in [1.165, 1.54) is 5.56 Å². The minimum absolute atomic E-state index is 0.616. The van der Waals surface area contributed by atoms with Crippen molar-refractivity contribution in [2.24, 2.45) is 0 Å². The zero-order valence-electron chi connectivity index (χ0n) is 17.3. The third-order valence-electron chi connectivity index (χ3n) is 4.92. The molecule has 0 saturated heterocycles. The van der Waals surface area contributed by atoms with Crippen molar-refractivity contribution in [1.82, 2.24) is 24.9 Å². The fourth-order valence-corrected chi connectivity index (χ4v) is 3.76. The molecule has 2 N–H and O–H groups in total. The number of hydrogen-bond acceptors (Lipinski definition) is 3. The number of rotatable bonds is 7. The van der Waals surface area contributed by atoms with Gasteiger partial charge >= 0.3 is 0 Å². The summed E-state index contributed by atoms with van der Waals surface area (Å²) in [6, 6.07) is 10.3. The van der Waals surface area contributed by atoms with E-state index in [1.54, 1.807) is 0 Å². The van der Waals surface area contributed by atoms with Gasteiger partial charge in [0.2, 0.25) is 0 Å². The molecule has 0 aliphatic heterocycles. The van der Waals surface area contributed by atoms with E-state index in [9.17, 15) is 0 Å². The molecule has 0 aliphatic rings. The van der Waals surface area contributed by atoms with Gasteiger partial charge in [-0.1, -0.05) is 30.3 Å². The summed E-state index contributed by atoms with van der Waals surface area (Å²) in [6.07, 6.45) is 0.932. The first kappa shape index (κ1) is 21.5. The van der Waals surface area contributed by atoms with Crippen molar-refractivity contribution in [2.45, 2.75) is 47.2 Å². The largest absolute Gasteiger partial charge is 0.362 e. The van der Waals surface area contributed by atoms with Crippen LogP contribution in [0.4, 0.5) is 5.69 Å². The van der Waals surface area contributed by atoms with Crippen LogP contribution in [0.15, 0.2) is 34.8 Å². The van der Waals surface area contributed by atoms with E-state index in [4.69, 9.17) is 12.2 Å². The molecule has 0 amide bonds. The molecule has 8 heteroatoms. The maximum absolute atomic E-state index is 5.49. The molecule has 2 heterocycles. The molecule has 3 aromatic rings. The van der Waals surface area contributed by atoms with Crippen LogP contribution in [0.3, 0.4) is 0 Å². The summed E-state index contributed by atoms with van der Waals surface area (Å²) in [5.41, 5.74) is 6.38. The van der Waals surface area contributed by atoms with Gasteiger partial charge in [0.1, 0.15) is 0 Å². The lowest BCUT2D eigenvalue weighted by atomic mass is 10.2. The Morgan fingerprint density at radius 3 is 2.34 bits per heavy atom. The lowest BCUT2D eigenvalue weighted by Gasteiger charge is -2.12. The number of aromatic nitrogens is 4. The van der Waals surface area contributed by atoms with Crippen molar-refractivity contribution in [1.29, 1.82) is 0 Å². The highest BCUT2D eigenvalue weighted by Crippen LogP contribution is 2.21. The smallest absolute Gasteiger partial charge is 0.170 e. The monoisotopic (exact) mass is 474 g/mol. The maximum Gasteiger partial charge on any atom is 0.170 e. The lowest BCUT2D eigenvalue weighted by Crippen LogP contribution is -2.30. The van der Waals surface area contributed by atoms with E-state index in [0.717, 1.165) is 59.0 Å². The van der Waals surface area contributed by atoms with Crippen molar-refractivity contribution in [2.75, 3.05) is 11.9 Å². The van der Waals surface area contributed by atoms with Gasteiger partial charge in [-0.15, -0.1) is 0 Å². The molecule has 3 rings (SSSR count). The maximum atomic E-state index is 5.49. The van der Waals surface area contributed by atoms with E-state index in [1.807, 2.05) is 41.4 Å². The Bertz CT molecular complexity index is 993. The van der Waals surface area contributed by atoms with Crippen molar-refractivity contribution < 1.29 is 0 Å². The molecule has 154 valence electrons. The zero-order valence-corrected chi connectivity index (χ0v) is 19.7. The second-order valence-corrected chi connectivity index (χ2v) is 8.33. The number of nitrogens with zero attached hydrogens (tertiary/aromatic N) is 4. The van der Waals surface area contributed by atoms with Crippen LogP contribution in [0.1, 0.15) is 34.8 Å². The molecule has 0 saturated carbocycles. The van der Waals surface area contributed by atoms with Gasteiger partial charge in [-0.3, -0.25) is 9.36 Å². The molecule has 0 unspecified atom stereocenters. The Kier molecular flexibility index (Phi) is 7.08. The van der Waals surface area contributed by atoms with Crippen LogP contribution >= 0.6 is 28.1 Å². The minimum atomic E-state index is 0.616. The van der Waals surface area contributed by atoms with Gasteiger partial charge in [-0.25, -0.2) is 0 Å². The summed E-state index contributed by atoms with van der Waals surface area (Å²) < 4.78 is 5.12. The number of nitrogens with one attached hydrogen (secondary N) is 2. The summed E-state index contributed by atoms with van der Waals surface area (Å²) in [4.78, 5) is 0. The average molecular weight is 475 g/mol. The third kappa shape index (κ3) is 5.25. The minimum Gasteiger partial charge on any atom is -0.362 e. The van der Waals surface area contributed by atoms with Crippen molar-refractivity contribution >= 4 is 38.9 Å². The second-order valence-electron chi connectivity index (χ2n) is 7.13. The lowest BCUT2D eigenvalue weighted by molar-refractivity contribution is 0.558. The molecule has 2 aromatic heterocycles. The highest BCUT2D eigenvalue weighted by molar-refractivity contribution is 9.10. The molecule has 0 aliphatic carbocycles. The highest BCUT2D eigenvalue weighted by Gasteiger charge is 2.13. The second kappa shape index (κ2) is 9.54. The van der Waals surface area contributed by atoms with Gasteiger partial charge in [0, 0.05) is 18.8 Å². The molecule has 0 radical (unpaired) electrons. The first-order valence-corrected chi connectivity index (χ1v) is 10.9. The van der Waals surface area contributed by atoms with E-state index < -0.39 is 0 Å². The summed E-state index contributed by atoms with van der Waals surface area (Å²) in [7, 11) is 0. The standard InChI is InChI=1S/C21H27BrN6S/c1-14-19(22)16(3)27(25-14)12-8-11-23-21(29)24-20-15(2)26-28(17(20)4)13-18-9-6-5-7-10-18/h5-7,9-10H,8,11-13H2,1-4H3,(H2,23,24,29).